The van der Waals surface area contributed by atoms with Crippen molar-refractivity contribution in [2.24, 2.45) is 4.99 Å². The van der Waals surface area contributed by atoms with E-state index < -0.39 is 5.79 Å². The van der Waals surface area contributed by atoms with Gasteiger partial charge in [0.2, 0.25) is 0 Å². The number of hydrogen-bond donors (Lipinski definition) is 0. The Kier molecular flexibility index (Phi) is 6.77. The predicted octanol–water partition coefficient (Wildman–Crippen LogP) is 3.03. The summed E-state index contributed by atoms with van der Waals surface area (Å²) in [6, 6.07) is 0.366. The van der Waals surface area contributed by atoms with E-state index in [0.717, 1.165) is 6.42 Å². The van der Waals surface area contributed by atoms with Crippen molar-refractivity contribution >= 4 is 6.21 Å². The van der Waals surface area contributed by atoms with Crippen LogP contribution in [-0.2, 0) is 9.47 Å². The second-order valence-electron chi connectivity index (χ2n) is 4.63. The van der Waals surface area contributed by atoms with Gasteiger partial charge >= 0.3 is 0 Å². The molecule has 0 rings (SSSR count). The van der Waals surface area contributed by atoms with E-state index in [1.54, 1.807) is 0 Å². The molecule has 0 aliphatic carbocycles. The average molecular weight is 215 g/mol. The Hall–Kier alpha value is -0.410. The van der Waals surface area contributed by atoms with E-state index in [2.05, 4.69) is 18.8 Å². The lowest BCUT2D eigenvalue weighted by Gasteiger charge is -2.27. The van der Waals surface area contributed by atoms with E-state index in [-0.39, 0.29) is 6.10 Å². The third-order valence-corrected chi connectivity index (χ3v) is 1.62. The highest BCUT2D eigenvalue weighted by molar-refractivity contribution is 5.57. The monoisotopic (exact) mass is 215 g/mol. The van der Waals surface area contributed by atoms with Gasteiger partial charge in [-0.1, -0.05) is 0 Å². The van der Waals surface area contributed by atoms with Crippen molar-refractivity contribution in [1.29, 1.82) is 0 Å². The number of nitrogens with zero attached hydrogens (tertiary/aromatic N) is 1. The molecule has 3 heteroatoms. The van der Waals surface area contributed by atoms with Gasteiger partial charge in [0, 0.05) is 18.7 Å². The molecule has 3 nitrogen and oxygen atoms in total. The zero-order chi connectivity index (χ0) is 11.9. The molecule has 0 aromatic rings. The van der Waals surface area contributed by atoms with E-state index in [0.29, 0.717) is 12.6 Å². The van der Waals surface area contributed by atoms with Crippen LogP contribution in [0.5, 0.6) is 0 Å². The van der Waals surface area contributed by atoms with E-state index in [1.165, 1.54) is 0 Å². The number of ether oxygens (including phenoxy) is 2. The molecule has 0 atom stereocenters. The summed E-state index contributed by atoms with van der Waals surface area (Å²) in [5.74, 6) is -0.500. The Balaban J connectivity index is 3.66. The van der Waals surface area contributed by atoms with Crippen molar-refractivity contribution in [3.05, 3.63) is 0 Å². The maximum Gasteiger partial charge on any atom is 0.163 e. The molecule has 0 amide bonds. The van der Waals surface area contributed by atoms with E-state index in [4.69, 9.17) is 9.47 Å². The van der Waals surface area contributed by atoms with Gasteiger partial charge < -0.3 is 9.47 Å². The summed E-state index contributed by atoms with van der Waals surface area (Å²) < 4.78 is 11.2. The lowest BCUT2D eigenvalue weighted by Crippen LogP contribution is -2.31. The molecular formula is C12H25NO2. The van der Waals surface area contributed by atoms with Crippen LogP contribution < -0.4 is 0 Å². The summed E-state index contributed by atoms with van der Waals surface area (Å²) in [5, 5.41) is 0. The molecule has 0 saturated carbocycles. The molecule has 0 spiro atoms. The van der Waals surface area contributed by atoms with Gasteiger partial charge in [0.05, 0.1) is 12.7 Å². The third kappa shape index (κ3) is 9.88. The van der Waals surface area contributed by atoms with Crippen LogP contribution in [0.15, 0.2) is 4.99 Å². The molecule has 0 saturated heterocycles. The van der Waals surface area contributed by atoms with Crippen molar-refractivity contribution < 1.29 is 9.47 Å². The van der Waals surface area contributed by atoms with Crippen LogP contribution in [0.3, 0.4) is 0 Å². The fourth-order valence-corrected chi connectivity index (χ4v) is 1.24. The molecule has 0 fully saturated rings. The second kappa shape index (κ2) is 6.96. The molecule has 0 aliphatic rings. The Bertz CT molecular complexity index is 186. The van der Waals surface area contributed by atoms with E-state index >= 15 is 0 Å². The molecule has 0 bridgehead atoms. The van der Waals surface area contributed by atoms with Crippen LogP contribution in [-0.4, -0.2) is 30.8 Å². The van der Waals surface area contributed by atoms with Gasteiger partial charge in [-0.15, -0.1) is 0 Å². The number of hydrogen-bond acceptors (Lipinski definition) is 3. The fourth-order valence-electron chi connectivity index (χ4n) is 1.24. The minimum absolute atomic E-state index is 0.185. The van der Waals surface area contributed by atoms with Crippen LogP contribution >= 0.6 is 0 Å². The highest BCUT2D eigenvalue weighted by Gasteiger charge is 2.19. The molecule has 0 unspecified atom stereocenters. The first-order valence-corrected chi connectivity index (χ1v) is 5.67. The Morgan fingerprint density at radius 3 is 2.27 bits per heavy atom. The van der Waals surface area contributed by atoms with Crippen LogP contribution in [0.25, 0.3) is 0 Å². The van der Waals surface area contributed by atoms with Crippen LogP contribution in [0.4, 0.5) is 0 Å². The van der Waals surface area contributed by atoms with Crippen molar-refractivity contribution in [2.45, 2.75) is 65.9 Å². The highest BCUT2D eigenvalue weighted by Crippen LogP contribution is 2.13. The van der Waals surface area contributed by atoms with Crippen molar-refractivity contribution in [2.75, 3.05) is 6.61 Å². The molecular weight excluding hydrogens is 190 g/mol. The molecule has 90 valence electrons. The summed E-state index contributed by atoms with van der Waals surface area (Å²) in [4.78, 5) is 4.26. The van der Waals surface area contributed by atoms with Crippen molar-refractivity contribution in [1.82, 2.24) is 0 Å². The molecule has 0 aromatic heterocycles. The summed E-state index contributed by atoms with van der Waals surface area (Å²) in [6.45, 7) is 12.7. The first-order valence-electron chi connectivity index (χ1n) is 5.67. The van der Waals surface area contributed by atoms with Gasteiger partial charge in [-0.25, -0.2) is 0 Å². The van der Waals surface area contributed by atoms with Gasteiger partial charge in [-0.2, -0.15) is 0 Å². The summed E-state index contributed by atoms with van der Waals surface area (Å²) in [5.41, 5.74) is 0. The molecule has 0 heterocycles. The Morgan fingerprint density at radius 2 is 1.80 bits per heavy atom. The van der Waals surface area contributed by atoms with Gasteiger partial charge in [0.25, 0.3) is 0 Å². The smallest absolute Gasteiger partial charge is 0.163 e. The lowest BCUT2D eigenvalue weighted by atomic mass is 10.3. The van der Waals surface area contributed by atoms with Crippen molar-refractivity contribution in [3.8, 4) is 0 Å². The summed E-state index contributed by atoms with van der Waals surface area (Å²) in [7, 11) is 0. The normalized spacial score (nSPS) is 13.3. The maximum absolute atomic E-state index is 5.61. The van der Waals surface area contributed by atoms with Crippen LogP contribution in [0, 0.1) is 0 Å². The minimum Gasteiger partial charge on any atom is -0.350 e. The largest absolute Gasteiger partial charge is 0.350 e. The number of rotatable bonds is 7. The van der Waals surface area contributed by atoms with Gasteiger partial charge in [0.1, 0.15) is 0 Å². The fraction of sp³-hybridized carbons (Fsp3) is 0.917. The Morgan fingerprint density at radius 1 is 1.20 bits per heavy atom. The predicted molar refractivity (Wildman–Crippen MR) is 64.5 cm³/mol. The zero-order valence-corrected chi connectivity index (χ0v) is 10.9. The molecule has 15 heavy (non-hydrogen) atoms. The van der Waals surface area contributed by atoms with Crippen LogP contribution in [0.2, 0.25) is 0 Å². The zero-order valence-electron chi connectivity index (χ0n) is 10.9. The lowest BCUT2D eigenvalue weighted by molar-refractivity contribution is -0.229. The molecule has 0 N–H and O–H groups in total. The second-order valence-corrected chi connectivity index (χ2v) is 4.63. The standard InChI is InChI=1S/C12H25NO2/c1-10(2)13-8-7-9-14-12(5,6)15-11(3)4/h8,10-11H,7,9H2,1-6H3. The van der Waals surface area contributed by atoms with Gasteiger partial charge in [-0.3, -0.25) is 4.99 Å². The first kappa shape index (κ1) is 14.6. The quantitative estimate of drug-likeness (QED) is 0.371. The SMILES string of the molecule is CC(C)N=CCCOC(C)(C)OC(C)C. The summed E-state index contributed by atoms with van der Waals surface area (Å²) >= 11 is 0. The number of aliphatic imine (C=N–C) groups is 1. The van der Waals surface area contributed by atoms with Gasteiger partial charge in [0.15, 0.2) is 5.79 Å². The minimum atomic E-state index is -0.500. The molecule has 0 aromatic carbocycles. The van der Waals surface area contributed by atoms with E-state index in [9.17, 15) is 0 Å². The molecule has 0 aliphatic heterocycles. The van der Waals surface area contributed by atoms with Crippen LogP contribution in [0.1, 0.15) is 48.0 Å². The Labute approximate surface area is 93.9 Å². The summed E-state index contributed by atoms with van der Waals surface area (Å²) in [6.07, 6.45) is 2.93. The van der Waals surface area contributed by atoms with Gasteiger partial charge in [-0.05, 0) is 41.5 Å². The molecule has 0 radical (unpaired) electrons. The highest BCUT2D eigenvalue weighted by atomic mass is 16.7. The van der Waals surface area contributed by atoms with Crippen molar-refractivity contribution in [3.63, 3.8) is 0 Å². The average Bonchev–Trinajstić information content (AvgIpc) is 1.99. The first-order chi connectivity index (χ1) is 6.83. The topological polar surface area (TPSA) is 30.8 Å². The maximum atomic E-state index is 5.61. The van der Waals surface area contributed by atoms with E-state index in [1.807, 2.05) is 33.9 Å². The third-order valence-electron chi connectivity index (χ3n) is 1.62.